The molecule has 0 radical (unpaired) electrons. The van der Waals surface area contributed by atoms with Crippen LogP contribution >= 0.6 is 11.6 Å². The number of hydrogen-bond donors (Lipinski definition) is 1. The molecule has 1 spiro atoms. The van der Waals surface area contributed by atoms with Crippen molar-refractivity contribution in [2.75, 3.05) is 18.0 Å². The largest absolute Gasteiger partial charge is 0.478 e. The molecule has 0 unspecified atom stereocenters. The van der Waals surface area contributed by atoms with Crippen LogP contribution in [0.25, 0.3) is 0 Å². The zero-order chi connectivity index (χ0) is 14.9. The highest BCUT2D eigenvalue weighted by Gasteiger charge is 2.36. The molecule has 2 aliphatic rings. The molecular formula is C16H21ClN2O2. The van der Waals surface area contributed by atoms with Gasteiger partial charge < -0.3 is 10.0 Å². The molecular weight excluding hydrogens is 288 g/mol. The van der Waals surface area contributed by atoms with Crippen molar-refractivity contribution in [2.24, 2.45) is 5.41 Å². The molecule has 1 saturated carbocycles. The summed E-state index contributed by atoms with van der Waals surface area (Å²) in [5, 5.41) is 9.42. The number of pyridine rings is 1. The number of halogens is 1. The Kier molecular flexibility index (Phi) is 4.07. The van der Waals surface area contributed by atoms with Crippen molar-refractivity contribution >= 4 is 23.4 Å². The van der Waals surface area contributed by atoms with Crippen LogP contribution < -0.4 is 4.90 Å². The molecule has 2 fully saturated rings. The van der Waals surface area contributed by atoms with Crippen LogP contribution in [0.3, 0.4) is 0 Å². The monoisotopic (exact) mass is 308 g/mol. The Morgan fingerprint density at radius 2 is 1.86 bits per heavy atom. The molecule has 114 valence electrons. The summed E-state index contributed by atoms with van der Waals surface area (Å²) < 4.78 is 0. The third-order valence-electron chi connectivity index (χ3n) is 5.14. The number of carbonyl (C=O) groups is 1. The van der Waals surface area contributed by atoms with Crippen LogP contribution in [-0.4, -0.2) is 29.1 Å². The van der Waals surface area contributed by atoms with Gasteiger partial charge in [0.1, 0.15) is 5.82 Å². The van der Waals surface area contributed by atoms with E-state index in [1.165, 1.54) is 57.2 Å². The van der Waals surface area contributed by atoms with Crippen molar-refractivity contribution in [3.8, 4) is 0 Å². The summed E-state index contributed by atoms with van der Waals surface area (Å²) in [7, 11) is 0. The van der Waals surface area contributed by atoms with Crippen molar-refractivity contribution in [1.29, 1.82) is 0 Å². The maximum Gasteiger partial charge on any atom is 0.337 e. The van der Waals surface area contributed by atoms with Crippen LogP contribution in [0.1, 0.15) is 55.3 Å². The van der Waals surface area contributed by atoms with E-state index in [1.54, 1.807) is 0 Å². The average molecular weight is 309 g/mol. The minimum atomic E-state index is -0.996. The second-order valence-corrected chi connectivity index (χ2v) is 6.73. The van der Waals surface area contributed by atoms with Crippen molar-refractivity contribution in [3.63, 3.8) is 0 Å². The first-order chi connectivity index (χ1) is 10.1. The Labute approximate surface area is 130 Å². The van der Waals surface area contributed by atoms with E-state index in [0.29, 0.717) is 11.2 Å². The van der Waals surface area contributed by atoms with E-state index in [-0.39, 0.29) is 10.6 Å². The predicted molar refractivity (Wildman–Crippen MR) is 83.2 cm³/mol. The summed E-state index contributed by atoms with van der Waals surface area (Å²) >= 11 is 6.23. The Morgan fingerprint density at radius 1 is 1.19 bits per heavy atom. The molecule has 4 nitrogen and oxygen atoms in total. The number of nitrogens with zero attached hydrogens (tertiary/aromatic N) is 2. The highest BCUT2D eigenvalue weighted by Crippen LogP contribution is 2.45. The fourth-order valence-electron chi connectivity index (χ4n) is 3.81. The number of carboxylic acids is 1. The standard InChI is InChI=1S/C16H21ClN2O2/c17-13-12(15(20)21)4-9-18-14(13)19-10-7-16(8-11-19)5-2-1-3-6-16/h4,9H,1-3,5-8,10-11H2,(H,20,21). The Balaban J connectivity index is 1.75. The number of piperidine rings is 1. The third kappa shape index (κ3) is 2.86. The normalized spacial score (nSPS) is 21.5. The molecule has 1 saturated heterocycles. The zero-order valence-corrected chi connectivity index (χ0v) is 12.9. The highest BCUT2D eigenvalue weighted by atomic mass is 35.5. The van der Waals surface area contributed by atoms with Crippen molar-refractivity contribution in [1.82, 2.24) is 4.98 Å². The first-order valence-electron chi connectivity index (χ1n) is 7.74. The van der Waals surface area contributed by atoms with Crippen LogP contribution in [0.5, 0.6) is 0 Å². The second kappa shape index (κ2) is 5.84. The van der Waals surface area contributed by atoms with Gasteiger partial charge in [-0.15, -0.1) is 0 Å². The van der Waals surface area contributed by atoms with Crippen molar-refractivity contribution in [3.05, 3.63) is 22.8 Å². The van der Waals surface area contributed by atoms with Crippen molar-refractivity contribution < 1.29 is 9.90 Å². The van der Waals surface area contributed by atoms with Gasteiger partial charge in [-0.3, -0.25) is 0 Å². The average Bonchev–Trinajstić information content (AvgIpc) is 2.49. The van der Waals surface area contributed by atoms with Crippen LogP contribution in [0.2, 0.25) is 5.02 Å². The van der Waals surface area contributed by atoms with Crippen LogP contribution in [0.4, 0.5) is 5.82 Å². The van der Waals surface area contributed by atoms with Gasteiger partial charge >= 0.3 is 5.97 Å². The molecule has 3 rings (SSSR count). The molecule has 1 aliphatic heterocycles. The number of aromatic carboxylic acids is 1. The molecule has 1 N–H and O–H groups in total. The maximum absolute atomic E-state index is 11.2. The smallest absolute Gasteiger partial charge is 0.337 e. The summed E-state index contributed by atoms with van der Waals surface area (Å²) in [6, 6.07) is 1.46. The SMILES string of the molecule is O=C(O)c1ccnc(N2CCC3(CCCCC3)CC2)c1Cl. The van der Waals surface area contributed by atoms with E-state index in [2.05, 4.69) is 9.88 Å². The number of rotatable bonds is 2. The number of anilines is 1. The second-order valence-electron chi connectivity index (χ2n) is 6.35. The summed E-state index contributed by atoms with van der Waals surface area (Å²) in [6.07, 6.45) is 10.6. The Hall–Kier alpha value is -1.29. The fourth-order valence-corrected chi connectivity index (χ4v) is 4.13. The summed E-state index contributed by atoms with van der Waals surface area (Å²) in [5.41, 5.74) is 0.658. The van der Waals surface area contributed by atoms with Gasteiger partial charge in [0, 0.05) is 19.3 Å². The van der Waals surface area contributed by atoms with Crippen LogP contribution in [-0.2, 0) is 0 Å². The van der Waals surface area contributed by atoms with E-state index < -0.39 is 5.97 Å². The molecule has 21 heavy (non-hydrogen) atoms. The lowest BCUT2D eigenvalue weighted by molar-refractivity contribution is 0.0697. The van der Waals surface area contributed by atoms with E-state index in [0.717, 1.165) is 13.1 Å². The van der Waals surface area contributed by atoms with E-state index in [4.69, 9.17) is 16.7 Å². The third-order valence-corrected chi connectivity index (χ3v) is 5.51. The van der Waals surface area contributed by atoms with Gasteiger partial charge in [-0.2, -0.15) is 0 Å². The lowest BCUT2D eigenvalue weighted by Crippen LogP contribution is -2.41. The first kappa shape index (κ1) is 14.6. The maximum atomic E-state index is 11.2. The molecule has 1 aromatic heterocycles. The summed E-state index contributed by atoms with van der Waals surface area (Å²) in [5.74, 6) is -0.369. The number of carboxylic acid groups (broad SMARTS) is 1. The van der Waals surface area contributed by atoms with E-state index in [9.17, 15) is 4.79 Å². The van der Waals surface area contributed by atoms with Crippen LogP contribution in [0.15, 0.2) is 12.3 Å². The zero-order valence-electron chi connectivity index (χ0n) is 12.1. The summed E-state index contributed by atoms with van der Waals surface area (Å²) in [6.45, 7) is 1.85. The molecule has 1 aliphatic carbocycles. The molecule has 0 amide bonds. The highest BCUT2D eigenvalue weighted by molar-refractivity contribution is 6.35. The predicted octanol–water partition coefficient (Wildman–Crippen LogP) is 3.98. The van der Waals surface area contributed by atoms with Gasteiger partial charge in [-0.1, -0.05) is 30.9 Å². The lowest BCUT2D eigenvalue weighted by atomic mass is 9.68. The Bertz CT molecular complexity index is 531. The van der Waals surface area contributed by atoms with Gasteiger partial charge in [0.05, 0.1) is 10.6 Å². The molecule has 5 heteroatoms. The quantitative estimate of drug-likeness (QED) is 0.897. The summed E-state index contributed by atoms with van der Waals surface area (Å²) in [4.78, 5) is 17.6. The van der Waals surface area contributed by atoms with Gasteiger partial charge in [0.15, 0.2) is 0 Å². The van der Waals surface area contributed by atoms with Gasteiger partial charge in [-0.25, -0.2) is 9.78 Å². The van der Waals surface area contributed by atoms with E-state index in [1.807, 2.05) is 0 Å². The Morgan fingerprint density at radius 3 is 2.48 bits per heavy atom. The minimum absolute atomic E-state index is 0.139. The first-order valence-corrected chi connectivity index (χ1v) is 8.12. The number of hydrogen-bond acceptors (Lipinski definition) is 3. The lowest BCUT2D eigenvalue weighted by Gasteiger charge is -2.44. The van der Waals surface area contributed by atoms with E-state index >= 15 is 0 Å². The molecule has 0 bridgehead atoms. The van der Waals surface area contributed by atoms with Crippen molar-refractivity contribution in [2.45, 2.75) is 44.9 Å². The molecule has 2 heterocycles. The topological polar surface area (TPSA) is 53.4 Å². The minimum Gasteiger partial charge on any atom is -0.478 e. The van der Waals surface area contributed by atoms with Gasteiger partial charge in [0.25, 0.3) is 0 Å². The molecule has 0 aromatic carbocycles. The van der Waals surface area contributed by atoms with Crippen LogP contribution in [0, 0.1) is 5.41 Å². The number of aromatic nitrogens is 1. The van der Waals surface area contributed by atoms with Gasteiger partial charge in [-0.05, 0) is 37.2 Å². The fraction of sp³-hybridized carbons (Fsp3) is 0.625. The molecule has 0 atom stereocenters. The molecule has 1 aromatic rings. The van der Waals surface area contributed by atoms with Gasteiger partial charge in [0.2, 0.25) is 0 Å².